The van der Waals surface area contributed by atoms with E-state index >= 15 is 0 Å². The van der Waals surface area contributed by atoms with Crippen molar-refractivity contribution in [2.75, 3.05) is 46.4 Å². The van der Waals surface area contributed by atoms with E-state index in [9.17, 15) is 4.79 Å². The fourth-order valence-electron chi connectivity index (χ4n) is 2.15. The minimum absolute atomic E-state index is 0.0870. The van der Waals surface area contributed by atoms with Gasteiger partial charge < -0.3 is 9.64 Å². The van der Waals surface area contributed by atoms with Gasteiger partial charge in [0.2, 0.25) is 0 Å². The van der Waals surface area contributed by atoms with Crippen molar-refractivity contribution >= 4 is 5.78 Å². The molecular formula is C15H22N2O2. The van der Waals surface area contributed by atoms with Crippen LogP contribution in [0.4, 0.5) is 0 Å². The summed E-state index contributed by atoms with van der Waals surface area (Å²) >= 11 is 0. The molecule has 0 atom stereocenters. The van der Waals surface area contributed by atoms with Crippen molar-refractivity contribution in [3.05, 3.63) is 29.8 Å². The van der Waals surface area contributed by atoms with Crippen molar-refractivity contribution in [2.24, 2.45) is 0 Å². The van der Waals surface area contributed by atoms with Gasteiger partial charge in [-0.3, -0.25) is 9.69 Å². The standard InChI is InChI=1S/C15H22N2O2/c1-13(18)14-3-5-15(6-4-14)19-12-11-17-9-7-16(2)8-10-17/h3-6H,7-12H2,1-2H3. The molecule has 104 valence electrons. The second-order valence-corrected chi connectivity index (χ2v) is 5.07. The van der Waals surface area contributed by atoms with Gasteiger partial charge in [-0.05, 0) is 38.2 Å². The summed E-state index contributed by atoms with van der Waals surface area (Å²) in [6, 6.07) is 7.35. The Morgan fingerprint density at radius 2 is 1.79 bits per heavy atom. The highest BCUT2D eigenvalue weighted by Gasteiger charge is 2.13. The molecule has 2 rings (SSSR count). The highest BCUT2D eigenvalue weighted by atomic mass is 16.5. The molecule has 1 heterocycles. The first-order valence-electron chi connectivity index (χ1n) is 6.80. The van der Waals surface area contributed by atoms with Crippen LogP contribution >= 0.6 is 0 Å². The predicted molar refractivity (Wildman–Crippen MR) is 75.9 cm³/mol. The number of nitrogens with zero attached hydrogens (tertiary/aromatic N) is 2. The van der Waals surface area contributed by atoms with E-state index in [2.05, 4.69) is 16.8 Å². The smallest absolute Gasteiger partial charge is 0.159 e. The molecule has 19 heavy (non-hydrogen) atoms. The van der Waals surface area contributed by atoms with Crippen molar-refractivity contribution in [1.82, 2.24) is 9.80 Å². The molecule has 0 amide bonds. The van der Waals surface area contributed by atoms with E-state index in [1.807, 2.05) is 24.3 Å². The highest BCUT2D eigenvalue weighted by molar-refractivity contribution is 5.94. The summed E-state index contributed by atoms with van der Waals surface area (Å²) < 4.78 is 5.70. The zero-order chi connectivity index (χ0) is 13.7. The topological polar surface area (TPSA) is 32.8 Å². The Bertz CT molecular complexity index is 409. The number of ether oxygens (including phenoxy) is 1. The maximum absolute atomic E-state index is 11.2. The fourth-order valence-corrected chi connectivity index (χ4v) is 2.15. The minimum Gasteiger partial charge on any atom is -0.492 e. The van der Waals surface area contributed by atoms with E-state index in [1.165, 1.54) is 0 Å². The molecule has 1 aliphatic rings. The lowest BCUT2D eigenvalue weighted by Crippen LogP contribution is -2.45. The monoisotopic (exact) mass is 262 g/mol. The van der Waals surface area contributed by atoms with Gasteiger partial charge in [0.15, 0.2) is 5.78 Å². The summed E-state index contributed by atoms with van der Waals surface area (Å²) in [7, 11) is 2.16. The van der Waals surface area contributed by atoms with Gasteiger partial charge in [-0.2, -0.15) is 0 Å². The van der Waals surface area contributed by atoms with Gasteiger partial charge in [0, 0.05) is 38.3 Å². The summed E-state index contributed by atoms with van der Waals surface area (Å²) in [5, 5.41) is 0. The lowest BCUT2D eigenvalue weighted by molar-refractivity contribution is 0.101. The molecule has 1 aromatic carbocycles. The quantitative estimate of drug-likeness (QED) is 0.753. The first-order valence-corrected chi connectivity index (χ1v) is 6.80. The summed E-state index contributed by atoms with van der Waals surface area (Å²) in [5.74, 6) is 0.920. The first kappa shape index (κ1) is 14.0. The minimum atomic E-state index is 0.0870. The van der Waals surface area contributed by atoms with Crippen LogP contribution in [-0.2, 0) is 0 Å². The van der Waals surface area contributed by atoms with Gasteiger partial charge in [-0.25, -0.2) is 0 Å². The van der Waals surface area contributed by atoms with E-state index in [0.717, 1.165) is 44.0 Å². The molecule has 0 saturated carbocycles. The van der Waals surface area contributed by atoms with Crippen LogP contribution in [0.15, 0.2) is 24.3 Å². The van der Waals surface area contributed by atoms with Crippen molar-refractivity contribution in [3.8, 4) is 5.75 Å². The third-order valence-corrected chi connectivity index (χ3v) is 3.53. The van der Waals surface area contributed by atoms with Crippen molar-refractivity contribution < 1.29 is 9.53 Å². The Morgan fingerprint density at radius 1 is 1.16 bits per heavy atom. The van der Waals surface area contributed by atoms with Crippen molar-refractivity contribution in [1.29, 1.82) is 0 Å². The lowest BCUT2D eigenvalue weighted by Gasteiger charge is -2.32. The number of likely N-dealkylation sites (N-methyl/N-ethyl adjacent to an activating group) is 1. The number of benzene rings is 1. The second kappa shape index (κ2) is 6.68. The van der Waals surface area contributed by atoms with Crippen LogP contribution in [0.1, 0.15) is 17.3 Å². The Morgan fingerprint density at radius 3 is 2.37 bits per heavy atom. The SMILES string of the molecule is CC(=O)c1ccc(OCCN2CCN(C)CC2)cc1. The normalized spacial score (nSPS) is 17.4. The number of hydrogen-bond donors (Lipinski definition) is 0. The Hall–Kier alpha value is -1.39. The molecule has 1 fully saturated rings. The van der Waals surface area contributed by atoms with E-state index in [4.69, 9.17) is 4.74 Å². The Kier molecular flexibility index (Phi) is 4.93. The number of hydrogen-bond acceptors (Lipinski definition) is 4. The molecule has 4 nitrogen and oxygen atoms in total. The Labute approximate surface area is 115 Å². The average Bonchev–Trinajstić information content (AvgIpc) is 2.41. The number of piperazine rings is 1. The van der Waals surface area contributed by atoms with Crippen LogP contribution < -0.4 is 4.74 Å². The molecule has 0 radical (unpaired) electrons. The van der Waals surface area contributed by atoms with Gasteiger partial charge in [-0.15, -0.1) is 0 Å². The van der Waals surface area contributed by atoms with E-state index in [1.54, 1.807) is 6.92 Å². The van der Waals surface area contributed by atoms with Gasteiger partial charge in [0.25, 0.3) is 0 Å². The molecule has 0 bridgehead atoms. The Balaban J connectivity index is 1.72. The fraction of sp³-hybridized carbons (Fsp3) is 0.533. The molecular weight excluding hydrogens is 240 g/mol. The van der Waals surface area contributed by atoms with E-state index in [-0.39, 0.29) is 5.78 Å². The van der Waals surface area contributed by atoms with Crippen LogP contribution in [0.25, 0.3) is 0 Å². The molecule has 1 aliphatic heterocycles. The summed E-state index contributed by atoms with van der Waals surface area (Å²) in [6.45, 7) is 7.72. The largest absolute Gasteiger partial charge is 0.492 e. The predicted octanol–water partition coefficient (Wildman–Crippen LogP) is 1.52. The maximum Gasteiger partial charge on any atom is 0.159 e. The number of Topliss-reactive ketones (excluding diaryl/α,β-unsaturated/α-hetero) is 1. The van der Waals surface area contributed by atoms with Crippen LogP contribution in [0, 0.1) is 0 Å². The molecule has 1 aromatic rings. The summed E-state index contributed by atoms with van der Waals surface area (Å²) in [4.78, 5) is 15.9. The molecule has 0 unspecified atom stereocenters. The first-order chi connectivity index (χ1) is 9.15. The van der Waals surface area contributed by atoms with Crippen molar-refractivity contribution in [3.63, 3.8) is 0 Å². The lowest BCUT2D eigenvalue weighted by atomic mass is 10.1. The molecule has 1 saturated heterocycles. The maximum atomic E-state index is 11.2. The highest BCUT2D eigenvalue weighted by Crippen LogP contribution is 2.12. The number of carbonyl (C=O) groups excluding carboxylic acids is 1. The zero-order valence-electron chi connectivity index (χ0n) is 11.8. The van der Waals surface area contributed by atoms with Crippen LogP contribution in [0.5, 0.6) is 5.75 Å². The van der Waals surface area contributed by atoms with Crippen LogP contribution in [-0.4, -0.2) is 62.0 Å². The van der Waals surface area contributed by atoms with E-state index in [0.29, 0.717) is 6.61 Å². The van der Waals surface area contributed by atoms with Crippen LogP contribution in [0.2, 0.25) is 0 Å². The number of rotatable bonds is 5. The second-order valence-electron chi connectivity index (χ2n) is 5.07. The average molecular weight is 262 g/mol. The molecule has 0 spiro atoms. The third-order valence-electron chi connectivity index (χ3n) is 3.53. The van der Waals surface area contributed by atoms with E-state index < -0.39 is 0 Å². The van der Waals surface area contributed by atoms with Gasteiger partial charge in [0.1, 0.15) is 12.4 Å². The van der Waals surface area contributed by atoms with Gasteiger partial charge in [0.05, 0.1) is 0 Å². The molecule has 0 aromatic heterocycles. The van der Waals surface area contributed by atoms with Gasteiger partial charge in [-0.1, -0.05) is 0 Å². The van der Waals surface area contributed by atoms with Gasteiger partial charge >= 0.3 is 0 Å². The van der Waals surface area contributed by atoms with Crippen LogP contribution in [0.3, 0.4) is 0 Å². The zero-order valence-corrected chi connectivity index (χ0v) is 11.8. The van der Waals surface area contributed by atoms with Crippen molar-refractivity contribution in [2.45, 2.75) is 6.92 Å². The molecule has 4 heteroatoms. The molecule has 0 N–H and O–H groups in total. The number of ketones is 1. The summed E-state index contributed by atoms with van der Waals surface area (Å²) in [5.41, 5.74) is 0.728. The summed E-state index contributed by atoms with van der Waals surface area (Å²) in [6.07, 6.45) is 0. The number of carbonyl (C=O) groups is 1. The third kappa shape index (κ3) is 4.33. The molecule has 0 aliphatic carbocycles.